The van der Waals surface area contributed by atoms with Crippen LogP contribution in [0.25, 0.3) is 0 Å². The van der Waals surface area contributed by atoms with Gasteiger partial charge in [0.2, 0.25) is 0 Å². The van der Waals surface area contributed by atoms with Crippen molar-refractivity contribution in [1.82, 2.24) is 0 Å². The number of esters is 2. The molecule has 8 heteroatoms. The normalized spacial score (nSPS) is 44.1. The Morgan fingerprint density at radius 3 is 2.45 bits per heavy atom. The van der Waals surface area contributed by atoms with Crippen LogP contribution in [0, 0.1) is 28.6 Å². The second-order valence-electron chi connectivity index (χ2n) is 14.0. The Bertz CT molecular complexity index is 1310. The van der Waals surface area contributed by atoms with Crippen LogP contribution in [0.2, 0.25) is 0 Å². The van der Waals surface area contributed by atoms with Crippen LogP contribution in [0.15, 0.2) is 54.1 Å². The number of rotatable bonds is 5. The molecule has 8 nitrogen and oxygen atoms in total. The maximum Gasteiger partial charge on any atom is 0.338 e. The molecule has 0 spiro atoms. The Kier molecular flexibility index (Phi) is 6.86. The molecule has 5 aliphatic rings. The zero-order chi connectivity index (χ0) is 30.4. The monoisotopic (exact) mass is 580 g/mol. The van der Waals surface area contributed by atoms with Gasteiger partial charge in [-0.25, -0.2) is 4.79 Å². The first-order chi connectivity index (χ1) is 19.7. The lowest BCUT2D eigenvalue weighted by molar-refractivity contribution is -0.361. The molecular formula is C34H44O8. The highest BCUT2D eigenvalue weighted by Crippen LogP contribution is 2.72. The highest BCUT2D eigenvalue weighted by atomic mass is 16.7. The smallest absolute Gasteiger partial charge is 0.338 e. The molecule has 6 rings (SSSR count). The number of fused-ring (bicyclic) bond motifs is 3. The Balaban J connectivity index is 1.67. The molecule has 42 heavy (non-hydrogen) atoms. The van der Waals surface area contributed by atoms with Crippen molar-refractivity contribution in [3.8, 4) is 0 Å². The van der Waals surface area contributed by atoms with Crippen molar-refractivity contribution in [2.24, 2.45) is 28.6 Å². The van der Waals surface area contributed by atoms with Crippen LogP contribution < -0.4 is 0 Å². The molecule has 1 aromatic rings. The first-order valence-corrected chi connectivity index (χ1v) is 15.2. The van der Waals surface area contributed by atoms with E-state index in [-0.39, 0.29) is 24.4 Å². The second-order valence-corrected chi connectivity index (χ2v) is 14.0. The molecule has 0 bridgehead atoms. The summed E-state index contributed by atoms with van der Waals surface area (Å²) in [6.07, 6.45) is 0.661. The lowest BCUT2D eigenvalue weighted by Crippen LogP contribution is -2.75. The zero-order valence-corrected chi connectivity index (χ0v) is 25.5. The molecule has 0 aromatic heterocycles. The van der Waals surface area contributed by atoms with E-state index in [2.05, 4.69) is 20.4 Å². The number of benzene rings is 1. The third-order valence-electron chi connectivity index (χ3n) is 11.6. The number of carbonyl (C=O) groups is 2. The lowest BCUT2D eigenvalue weighted by Gasteiger charge is -2.68. The topological polar surface area (TPSA) is 112 Å². The van der Waals surface area contributed by atoms with Crippen molar-refractivity contribution in [3.05, 3.63) is 59.7 Å². The Labute approximate surface area is 248 Å². The molecule has 3 saturated carbocycles. The van der Waals surface area contributed by atoms with E-state index in [1.807, 2.05) is 13.0 Å². The summed E-state index contributed by atoms with van der Waals surface area (Å²) >= 11 is 0. The Hall–Kier alpha value is -2.52. The van der Waals surface area contributed by atoms with Gasteiger partial charge in [0.15, 0.2) is 6.29 Å². The molecule has 1 heterocycles. The minimum Gasteiger partial charge on any atom is -0.458 e. The molecule has 2 N–H and O–H groups in total. The summed E-state index contributed by atoms with van der Waals surface area (Å²) in [5.74, 6) is -1.85. The fourth-order valence-corrected chi connectivity index (χ4v) is 9.89. The molecule has 1 aliphatic heterocycles. The zero-order valence-electron chi connectivity index (χ0n) is 25.5. The summed E-state index contributed by atoms with van der Waals surface area (Å²) in [4.78, 5) is 26.8. The van der Waals surface area contributed by atoms with Crippen LogP contribution in [-0.4, -0.2) is 64.1 Å². The first-order valence-electron chi connectivity index (χ1n) is 15.2. The van der Waals surface area contributed by atoms with E-state index < -0.39 is 64.5 Å². The number of hydrogen-bond donors (Lipinski definition) is 2. The van der Waals surface area contributed by atoms with E-state index in [4.69, 9.17) is 18.9 Å². The maximum absolute atomic E-state index is 14.0. The molecule has 0 unspecified atom stereocenters. The van der Waals surface area contributed by atoms with Crippen LogP contribution in [-0.2, 0) is 23.7 Å². The average Bonchev–Trinajstić information content (AvgIpc) is 3.17. The predicted molar refractivity (Wildman–Crippen MR) is 154 cm³/mol. The molecule has 1 saturated heterocycles. The number of aliphatic hydroxyl groups is 2. The van der Waals surface area contributed by atoms with Gasteiger partial charge in [0.1, 0.15) is 11.7 Å². The van der Waals surface area contributed by atoms with Gasteiger partial charge in [0, 0.05) is 30.1 Å². The van der Waals surface area contributed by atoms with E-state index in [0.29, 0.717) is 18.4 Å². The van der Waals surface area contributed by atoms with Gasteiger partial charge in [-0.2, -0.15) is 0 Å². The van der Waals surface area contributed by atoms with E-state index in [1.54, 1.807) is 44.2 Å². The molecule has 228 valence electrons. The summed E-state index contributed by atoms with van der Waals surface area (Å²) in [6, 6.07) is 8.79. The van der Waals surface area contributed by atoms with Crippen LogP contribution >= 0.6 is 0 Å². The van der Waals surface area contributed by atoms with Gasteiger partial charge in [0.05, 0.1) is 34.9 Å². The lowest BCUT2D eigenvalue weighted by atomic mass is 9.43. The predicted octanol–water partition coefficient (Wildman–Crippen LogP) is 4.73. The third-order valence-corrected chi connectivity index (χ3v) is 11.6. The van der Waals surface area contributed by atoms with Crippen molar-refractivity contribution in [2.75, 3.05) is 0 Å². The first kappa shape index (κ1) is 29.5. The van der Waals surface area contributed by atoms with Crippen molar-refractivity contribution < 1.29 is 38.7 Å². The van der Waals surface area contributed by atoms with Gasteiger partial charge in [-0.3, -0.25) is 4.79 Å². The standard InChI is InChI=1S/C34H44O8/c1-8-25-39-24-16-22-14-15-34(22,42-20(4)35)27-29(41-30(37)21-12-10-9-11-13-21)33(31(5,6)38)17-23(36)18(2)26(33)19(3)28(40-25)32(24,27)7/h8-13,19,22-25,27-29,36,38H,1,14-17H2,2-7H3/t19-,22+,23-,24-,25-,27-,28-,29-,32+,33-,34-/m0/s1. The molecular weight excluding hydrogens is 536 g/mol. The molecule has 4 aliphatic carbocycles. The number of carbonyl (C=O) groups excluding carboxylic acids is 2. The van der Waals surface area contributed by atoms with Gasteiger partial charge in [0.25, 0.3) is 0 Å². The van der Waals surface area contributed by atoms with E-state index >= 15 is 0 Å². The quantitative estimate of drug-likeness (QED) is 0.380. The summed E-state index contributed by atoms with van der Waals surface area (Å²) in [6.45, 7) is 14.9. The van der Waals surface area contributed by atoms with E-state index in [0.717, 1.165) is 17.6 Å². The van der Waals surface area contributed by atoms with Gasteiger partial charge >= 0.3 is 11.9 Å². The molecule has 4 fully saturated rings. The number of aliphatic hydroxyl groups excluding tert-OH is 1. The number of ether oxygens (including phenoxy) is 4. The summed E-state index contributed by atoms with van der Waals surface area (Å²) in [5, 5.41) is 23.7. The van der Waals surface area contributed by atoms with Crippen molar-refractivity contribution >= 4 is 11.9 Å². The Morgan fingerprint density at radius 2 is 1.88 bits per heavy atom. The van der Waals surface area contributed by atoms with Crippen molar-refractivity contribution in [3.63, 3.8) is 0 Å². The average molecular weight is 581 g/mol. The van der Waals surface area contributed by atoms with Crippen molar-refractivity contribution in [1.29, 1.82) is 0 Å². The van der Waals surface area contributed by atoms with Crippen LogP contribution in [0.3, 0.4) is 0 Å². The summed E-state index contributed by atoms with van der Waals surface area (Å²) in [7, 11) is 0. The highest BCUT2D eigenvalue weighted by molar-refractivity contribution is 5.89. The van der Waals surface area contributed by atoms with Crippen molar-refractivity contribution in [2.45, 2.75) is 109 Å². The third kappa shape index (κ3) is 3.81. The van der Waals surface area contributed by atoms with Gasteiger partial charge in [-0.15, -0.1) is 0 Å². The summed E-state index contributed by atoms with van der Waals surface area (Å²) < 4.78 is 26.3. The molecule has 0 radical (unpaired) electrons. The molecule has 0 amide bonds. The molecule has 1 aromatic carbocycles. The fraction of sp³-hybridized carbons (Fsp3) is 0.647. The van der Waals surface area contributed by atoms with Crippen LogP contribution in [0.4, 0.5) is 0 Å². The second kappa shape index (κ2) is 9.74. The SMILES string of the molecule is C=C[C@H]1O[C@H]2C[C@H]3CC[C@@]3(OC(C)=O)[C@H]3[C@H](OC(=O)c4ccccc4)[C@]4(C(C)(C)O)C[C@H](O)C(C)=C4[C@H](C)[C@H](O1)[C@]23C. The fourth-order valence-electron chi connectivity index (χ4n) is 9.89. The van der Waals surface area contributed by atoms with E-state index in [1.165, 1.54) is 6.92 Å². The molecule has 11 atom stereocenters. The Morgan fingerprint density at radius 1 is 1.19 bits per heavy atom. The van der Waals surface area contributed by atoms with Crippen LogP contribution in [0.5, 0.6) is 0 Å². The van der Waals surface area contributed by atoms with E-state index in [9.17, 15) is 19.8 Å². The number of hydrogen-bond acceptors (Lipinski definition) is 8. The minimum absolute atomic E-state index is 0.0290. The van der Waals surface area contributed by atoms with Gasteiger partial charge < -0.3 is 29.2 Å². The highest BCUT2D eigenvalue weighted by Gasteiger charge is 2.79. The van der Waals surface area contributed by atoms with Crippen LogP contribution in [0.1, 0.15) is 77.6 Å². The minimum atomic E-state index is -1.44. The summed E-state index contributed by atoms with van der Waals surface area (Å²) in [5.41, 5.74) is -2.41. The largest absolute Gasteiger partial charge is 0.458 e. The maximum atomic E-state index is 14.0. The van der Waals surface area contributed by atoms with Gasteiger partial charge in [-0.1, -0.05) is 44.2 Å². The van der Waals surface area contributed by atoms with Gasteiger partial charge in [-0.05, 0) is 70.2 Å².